The van der Waals surface area contributed by atoms with Gasteiger partial charge in [0.2, 0.25) is 0 Å². The van der Waals surface area contributed by atoms with E-state index in [4.69, 9.17) is 16.0 Å². The Morgan fingerprint density at radius 2 is 1.80 bits per heavy atom. The number of carbonyl (C=O) groups is 1. The van der Waals surface area contributed by atoms with Crippen molar-refractivity contribution < 1.29 is 17.6 Å². The molecule has 0 aliphatic carbocycles. The van der Waals surface area contributed by atoms with Gasteiger partial charge in [-0.15, -0.1) is 0 Å². The first-order chi connectivity index (χ1) is 14.1. The number of furan rings is 1. The fraction of sp³-hybridized carbons (Fsp3) is 0.348. The zero-order valence-electron chi connectivity index (χ0n) is 17.2. The third-order valence-corrected chi connectivity index (χ3v) is 7.93. The highest BCUT2D eigenvalue weighted by molar-refractivity contribution is 7.91. The number of sulfone groups is 1. The molecule has 1 fully saturated rings. The van der Waals surface area contributed by atoms with Gasteiger partial charge in [0.25, 0.3) is 5.91 Å². The Morgan fingerprint density at radius 3 is 2.43 bits per heavy atom. The molecule has 4 rings (SSSR count). The second kappa shape index (κ2) is 7.75. The van der Waals surface area contributed by atoms with Crippen LogP contribution in [0, 0.1) is 20.8 Å². The average molecular weight is 446 g/mol. The number of amides is 1. The van der Waals surface area contributed by atoms with Crippen LogP contribution in [0.25, 0.3) is 11.0 Å². The van der Waals surface area contributed by atoms with Crippen LogP contribution in [0.5, 0.6) is 0 Å². The number of aryl methyl sites for hydroxylation is 3. The highest BCUT2D eigenvalue weighted by Gasteiger charge is 2.36. The minimum Gasteiger partial charge on any atom is -0.451 e. The van der Waals surface area contributed by atoms with Gasteiger partial charge in [-0.3, -0.25) is 4.79 Å². The van der Waals surface area contributed by atoms with Crippen molar-refractivity contribution in [1.29, 1.82) is 0 Å². The number of benzene rings is 2. The van der Waals surface area contributed by atoms with E-state index in [1.807, 2.05) is 45.0 Å². The highest BCUT2D eigenvalue weighted by Crippen LogP contribution is 2.31. The SMILES string of the molecule is Cc1cc2oc(C(=O)N(Cc3ccc(Cl)cc3)[C@H]3CCS(=O)(=O)C3)c(C)c2cc1C. The van der Waals surface area contributed by atoms with Crippen molar-refractivity contribution >= 4 is 38.3 Å². The predicted molar refractivity (Wildman–Crippen MR) is 119 cm³/mol. The molecule has 1 amide bonds. The van der Waals surface area contributed by atoms with Gasteiger partial charge in [0.1, 0.15) is 5.58 Å². The Kier molecular flexibility index (Phi) is 5.41. The van der Waals surface area contributed by atoms with Crippen LogP contribution in [-0.2, 0) is 16.4 Å². The number of fused-ring (bicyclic) bond motifs is 1. The van der Waals surface area contributed by atoms with E-state index in [2.05, 4.69) is 0 Å². The number of carbonyl (C=O) groups excluding carboxylic acids is 1. The second-order valence-corrected chi connectivity index (χ2v) is 10.8. The minimum absolute atomic E-state index is 0.0240. The summed E-state index contributed by atoms with van der Waals surface area (Å²) in [5.74, 6) is 0.0629. The molecular weight excluding hydrogens is 422 g/mol. The van der Waals surface area contributed by atoms with Gasteiger partial charge in [-0.2, -0.15) is 0 Å². The molecule has 0 unspecified atom stereocenters. The third-order valence-electron chi connectivity index (χ3n) is 5.92. The molecule has 1 atom stereocenters. The molecule has 0 saturated carbocycles. The van der Waals surface area contributed by atoms with Crippen LogP contribution in [0.1, 0.15) is 39.2 Å². The summed E-state index contributed by atoms with van der Waals surface area (Å²) >= 11 is 5.99. The molecule has 0 spiro atoms. The lowest BCUT2D eigenvalue weighted by molar-refractivity contribution is 0.0649. The van der Waals surface area contributed by atoms with Crippen LogP contribution < -0.4 is 0 Å². The van der Waals surface area contributed by atoms with Gasteiger partial charge in [0.05, 0.1) is 11.5 Å². The minimum atomic E-state index is -3.15. The van der Waals surface area contributed by atoms with E-state index in [0.29, 0.717) is 23.6 Å². The molecule has 2 heterocycles. The molecular formula is C23H24ClNO4S. The van der Waals surface area contributed by atoms with Gasteiger partial charge in [-0.05, 0) is 68.1 Å². The summed E-state index contributed by atoms with van der Waals surface area (Å²) in [4.78, 5) is 15.2. The Hall–Kier alpha value is -2.31. The zero-order valence-corrected chi connectivity index (χ0v) is 18.8. The fourth-order valence-corrected chi connectivity index (χ4v) is 5.84. The molecule has 1 aliphatic rings. The highest BCUT2D eigenvalue weighted by atomic mass is 35.5. The van der Waals surface area contributed by atoms with Crippen molar-refractivity contribution in [3.63, 3.8) is 0 Å². The standard InChI is InChI=1S/C23H24ClNO4S/c1-14-10-20-16(3)22(29-21(20)11-15(14)2)23(26)25(19-8-9-30(27,28)13-19)12-17-4-6-18(24)7-5-17/h4-7,10-11,19H,8-9,12-13H2,1-3H3/t19-/m0/s1. The molecule has 3 aromatic rings. The summed E-state index contributed by atoms with van der Waals surface area (Å²) in [5, 5.41) is 1.52. The van der Waals surface area contributed by atoms with Crippen molar-refractivity contribution in [3.8, 4) is 0 Å². The molecule has 5 nitrogen and oxygen atoms in total. The van der Waals surface area contributed by atoms with Crippen molar-refractivity contribution in [2.75, 3.05) is 11.5 Å². The molecule has 2 aromatic carbocycles. The molecule has 0 bridgehead atoms. The van der Waals surface area contributed by atoms with Gasteiger partial charge in [-0.25, -0.2) is 8.42 Å². The van der Waals surface area contributed by atoms with E-state index < -0.39 is 9.84 Å². The number of halogens is 1. The van der Waals surface area contributed by atoms with Gasteiger partial charge in [0, 0.05) is 28.6 Å². The van der Waals surface area contributed by atoms with Crippen molar-refractivity contribution in [1.82, 2.24) is 4.90 Å². The van der Waals surface area contributed by atoms with E-state index in [9.17, 15) is 13.2 Å². The zero-order chi connectivity index (χ0) is 21.6. The van der Waals surface area contributed by atoms with E-state index in [1.165, 1.54) is 0 Å². The lowest BCUT2D eigenvalue weighted by atomic mass is 10.0. The maximum absolute atomic E-state index is 13.6. The van der Waals surface area contributed by atoms with Crippen LogP contribution in [-0.4, -0.2) is 36.8 Å². The maximum Gasteiger partial charge on any atom is 0.290 e. The first-order valence-electron chi connectivity index (χ1n) is 9.91. The van der Waals surface area contributed by atoms with Crippen LogP contribution in [0.4, 0.5) is 0 Å². The van der Waals surface area contributed by atoms with Gasteiger partial charge in [0.15, 0.2) is 15.6 Å². The Morgan fingerprint density at radius 1 is 1.13 bits per heavy atom. The van der Waals surface area contributed by atoms with Crippen LogP contribution in [0.3, 0.4) is 0 Å². The van der Waals surface area contributed by atoms with Gasteiger partial charge < -0.3 is 9.32 Å². The molecule has 0 N–H and O–H groups in total. The third kappa shape index (κ3) is 3.98. The Labute approximate surface area is 181 Å². The van der Waals surface area contributed by atoms with E-state index in [0.717, 1.165) is 27.6 Å². The maximum atomic E-state index is 13.6. The quantitative estimate of drug-likeness (QED) is 0.576. The summed E-state index contributed by atoms with van der Waals surface area (Å²) in [7, 11) is -3.15. The molecule has 158 valence electrons. The van der Waals surface area contributed by atoms with Gasteiger partial charge in [-0.1, -0.05) is 23.7 Å². The number of hydrogen-bond donors (Lipinski definition) is 0. The van der Waals surface area contributed by atoms with E-state index in [1.54, 1.807) is 17.0 Å². The fourth-order valence-electron chi connectivity index (χ4n) is 3.98. The Bertz CT molecular complexity index is 1230. The number of nitrogens with zero attached hydrogens (tertiary/aromatic N) is 1. The first kappa shape index (κ1) is 20.9. The lowest BCUT2D eigenvalue weighted by Crippen LogP contribution is -2.40. The smallest absolute Gasteiger partial charge is 0.290 e. The van der Waals surface area contributed by atoms with Crippen LogP contribution in [0.2, 0.25) is 5.02 Å². The van der Waals surface area contributed by atoms with Crippen LogP contribution in [0.15, 0.2) is 40.8 Å². The van der Waals surface area contributed by atoms with E-state index in [-0.39, 0.29) is 29.2 Å². The molecule has 0 radical (unpaired) electrons. The normalized spacial score (nSPS) is 18.1. The monoisotopic (exact) mass is 445 g/mol. The summed E-state index contributed by atoms with van der Waals surface area (Å²) in [6, 6.07) is 10.8. The van der Waals surface area contributed by atoms with E-state index >= 15 is 0 Å². The summed E-state index contributed by atoms with van der Waals surface area (Å²) in [5.41, 5.74) is 4.56. The van der Waals surface area contributed by atoms with Crippen molar-refractivity contribution in [3.05, 3.63) is 69.4 Å². The summed E-state index contributed by atoms with van der Waals surface area (Å²) in [6.45, 7) is 6.20. The number of rotatable bonds is 4. The number of hydrogen-bond acceptors (Lipinski definition) is 4. The molecule has 1 aromatic heterocycles. The predicted octanol–water partition coefficient (Wildman–Crippen LogP) is 4.84. The first-order valence-corrected chi connectivity index (χ1v) is 12.1. The second-order valence-electron chi connectivity index (χ2n) is 8.11. The molecule has 30 heavy (non-hydrogen) atoms. The average Bonchev–Trinajstić information content (AvgIpc) is 3.21. The van der Waals surface area contributed by atoms with Gasteiger partial charge >= 0.3 is 0 Å². The molecule has 1 saturated heterocycles. The summed E-state index contributed by atoms with van der Waals surface area (Å²) in [6.07, 6.45) is 0.430. The van der Waals surface area contributed by atoms with Crippen molar-refractivity contribution in [2.24, 2.45) is 0 Å². The molecule has 1 aliphatic heterocycles. The van der Waals surface area contributed by atoms with Crippen molar-refractivity contribution in [2.45, 2.75) is 39.8 Å². The topological polar surface area (TPSA) is 67.6 Å². The van der Waals surface area contributed by atoms with Crippen LogP contribution >= 0.6 is 11.6 Å². The lowest BCUT2D eigenvalue weighted by Gasteiger charge is -2.28. The summed E-state index contributed by atoms with van der Waals surface area (Å²) < 4.78 is 30.2. The Balaban J connectivity index is 1.74. The molecule has 7 heteroatoms. The largest absolute Gasteiger partial charge is 0.451 e.